The van der Waals surface area contributed by atoms with Gasteiger partial charge in [0.1, 0.15) is 5.54 Å². The molecule has 18 heavy (non-hydrogen) atoms. The highest BCUT2D eigenvalue weighted by atomic mass is 16.5. The van der Waals surface area contributed by atoms with E-state index in [0.29, 0.717) is 12.5 Å². The Bertz CT molecular complexity index is 286. The lowest BCUT2D eigenvalue weighted by atomic mass is 9.74. The molecule has 0 amide bonds. The van der Waals surface area contributed by atoms with E-state index in [0.717, 1.165) is 32.4 Å². The van der Waals surface area contributed by atoms with Crippen molar-refractivity contribution in [3.63, 3.8) is 0 Å². The Labute approximate surface area is 111 Å². The van der Waals surface area contributed by atoms with Crippen LogP contribution < -0.4 is 0 Å². The second-order valence-corrected chi connectivity index (χ2v) is 6.00. The quantitative estimate of drug-likeness (QED) is 0.724. The number of hydrogen-bond acceptors (Lipinski definition) is 3. The summed E-state index contributed by atoms with van der Waals surface area (Å²) in [6.07, 6.45) is 8.18. The highest BCUT2D eigenvalue weighted by Gasteiger charge is 2.47. The summed E-state index contributed by atoms with van der Waals surface area (Å²) in [6, 6.07) is 0. The number of piperidine rings is 1. The lowest BCUT2D eigenvalue weighted by Gasteiger charge is -2.47. The predicted octanol–water partition coefficient (Wildman–Crippen LogP) is 2.98. The zero-order valence-electron chi connectivity index (χ0n) is 11.9. The van der Waals surface area contributed by atoms with Crippen LogP contribution >= 0.6 is 0 Å². The predicted molar refractivity (Wildman–Crippen MR) is 72.4 cm³/mol. The van der Waals surface area contributed by atoms with Crippen molar-refractivity contribution in [1.29, 1.82) is 0 Å². The highest BCUT2D eigenvalue weighted by molar-refractivity contribution is 5.81. The normalized spacial score (nSPS) is 34.2. The zero-order valence-corrected chi connectivity index (χ0v) is 11.9. The van der Waals surface area contributed by atoms with Crippen LogP contribution in [0.25, 0.3) is 0 Å². The summed E-state index contributed by atoms with van der Waals surface area (Å²) in [7, 11) is 0. The van der Waals surface area contributed by atoms with Gasteiger partial charge in [0.25, 0.3) is 0 Å². The average Bonchev–Trinajstić information content (AvgIpc) is 2.40. The van der Waals surface area contributed by atoms with E-state index in [4.69, 9.17) is 4.74 Å². The van der Waals surface area contributed by atoms with E-state index >= 15 is 0 Å². The van der Waals surface area contributed by atoms with E-state index in [1.54, 1.807) is 0 Å². The van der Waals surface area contributed by atoms with Gasteiger partial charge in [0, 0.05) is 0 Å². The largest absolute Gasteiger partial charge is 0.465 e. The molecule has 1 aliphatic carbocycles. The number of nitrogens with zero attached hydrogens (tertiary/aromatic N) is 1. The van der Waals surface area contributed by atoms with Crippen molar-refractivity contribution in [2.24, 2.45) is 5.92 Å². The topological polar surface area (TPSA) is 29.5 Å². The first-order valence-corrected chi connectivity index (χ1v) is 7.61. The fourth-order valence-electron chi connectivity index (χ4n) is 3.71. The summed E-state index contributed by atoms with van der Waals surface area (Å²) in [5, 5.41) is 0. The first-order valence-electron chi connectivity index (χ1n) is 7.61. The number of hydrogen-bond donors (Lipinski definition) is 0. The van der Waals surface area contributed by atoms with Crippen molar-refractivity contribution in [3.8, 4) is 0 Å². The van der Waals surface area contributed by atoms with Gasteiger partial charge in [-0.15, -0.1) is 0 Å². The molecule has 2 atom stereocenters. The van der Waals surface area contributed by atoms with E-state index < -0.39 is 0 Å². The summed E-state index contributed by atoms with van der Waals surface area (Å²) < 4.78 is 5.41. The Balaban J connectivity index is 2.17. The molecule has 1 heterocycles. The third-order valence-electron chi connectivity index (χ3n) is 4.59. The van der Waals surface area contributed by atoms with Crippen molar-refractivity contribution < 1.29 is 9.53 Å². The molecule has 0 aromatic rings. The minimum absolute atomic E-state index is 0.0402. The standard InChI is InChI=1S/C15H27NO2/c1-3-18-14(17)15(9-7-8-13(2)12-15)16-10-5-4-6-11-16/h13H,3-12H2,1-2H3/t13-,15-/m1/s1. The van der Waals surface area contributed by atoms with E-state index in [1.165, 1.54) is 25.7 Å². The van der Waals surface area contributed by atoms with Gasteiger partial charge in [0.2, 0.25) is 0 Å². The molecule has 1 aliphatic heterocycles. The second-order valence-electron chi connectivity index (χ2n) is 6.00. The fourth-order valence-corrected chi connectivity index (χ4v) is 3.71. The highest BCUT2D eigenvalue weighted by Crippen LogP contribution is 2.39. The van der Waals surface area contributed by atoms with E-state index in [1.807, 2.05) is 6.92 Å². The van der Waals surface area contributed by atoms with Gasteiger partial charge in [0.05, 0.1) is 6.61 Å². The molecule has 0 aromatic carbocycles. The van der Waals surface area contributed by atoms with Gasteiger partial charge in [-0.25, -0.2) is 0 Å². The minimum Gasteiger partial charge on any atom is -0.465 e. The maximum absolute atomic E-state index is 12.5. The van der Waals surface area contributed by atoms with E-state index in [2.05, 4.69) is 11.8 Å². The number of carbonyl (C=O) groups excluding carboxylic acids is 1. The van der Waals surface area contributed by atoms with Crippen LogP contribution in [0.4, 0.5) is 0 Å². The Kier molecular flexibility index (Phi) is 4.66. The molecule has 3 heteroatoms. The lowest BCUT2D eigenvalue weighted by molar-refractivity contribution is -0.163. The smallest absolute Gasteiger partial charge is 0.326 e. The lowest BCUT2D eigenvalue weighted by Crippen LogP contribution is -2.59. The molecule has 0 radical (unpaired) electrons. The molecule has 0 aromatic heterocycles. The third kappa shape index (κ3) is 2.71. The van der Waals surface area contributed by atoms with Crippen molar-refractivity contribution in [2.75, 3.05) is 19.7 Å². The molecule has 2 aliphatic rings. The van der Waals surface area contributed by atoms with Gasteiger partial charge in [-0.1, -0.05) is 26.2 Å². The average molecular weight is 253 g/mol. The number of ether oxygens (including phenoxy) is 1. The fraction of sp³-hybridized carbons (Fsp3) is 0.933. The van der Waals surface area contributed by atoms with Crippen molar-refractivity contribution in [2.45, 2.75) is 64.3 Å². The van der Waals surface area contributed by atoms with Crippen molar-refractivity contribution in [3.05, 3.63) is 0 Å². The first-order chi connectivity index (χ1) is 8.69. The molecule has 3 nitrogen and oxygen atoms in total. The van der Waals surface area contributed by atoms with E-state index in [9.17, 15) is 4.79 Å². The Hall–Kier alpha value is -0.570. The van der Waals surface area contributed by atoms with Crippen LogP contribution in [0.3, 0.4) is 0 Å². The Morgan fingerprint density at radius 1 is 1.28 bits per heavy atom. The molecule has 0 N–H and O–H groups in total. The minimum atomic E-state index is -0.298. The van der Waals surface area contributed by atoms with Gasteiger partial charge in [-0.3, -0.25) is 9.69 Å². The molecular formula is C15H27NO2. The van der Waals surface area contributed by atoms with Crippen LogP contribution in [-0.2, 0) is 9.53 Å². The molecule has 0 spiro atoms. The van der Waals surface area contributed by atoms with Gasteiger partial charge >= 0.3 is 5.97 Å². The Morgan fingerprint density at radius 2 is 2.00 bits per heavy atom. The Morgan fingerprint density at radius 3 is 2.61 bits per heavy atom. The molecule has 2 fully saturated rings. The number of rotatable bonds is 3. The van der Waals surface area contributed by atoms with Crippen LogP contribution in [-0.4, -0.2) is 36.1 Å². The van der Waals surface area contributed by atoms with Gasteiger partial charge in [-0.2, -0.15) is 0 Å². The van der Waals surface area contributed by atoms with Crippen LogP contribution in [0, 0.1) is 5.92 Å². The van der Waals surface area contributed by atoms with Crippen LogP contribution in [0.1, 0.15) is 58.8 Å². The maximum atomic E-state index is 12.5. The molecule has 104 valence electrons. The zero-order chi connectivity index (χ0) is 13.0. The summed E-state index contributed by atoms with van der Waals surface area (Å²) in [4.78, 5) is 14.9. The summed E-state index contributed by atoms with van der Waals surface area (Å²) in [5.74, 6) is 0.684. The number of esters is 1. The summed E-state index contributed by atoms with van der Waals surface area (Å²) in [6.45, 7) is 6.84. The number of likely N-dealkylation sites (tertiary alicyclic amines) is 1. The third-order valence-corrected chi connectivity index (χ3v) is 4.59. The maximum Gasteiger partial charge on any atom is 0.326 e. The molecule has 1 saturated heterocycles. The monoisotopic (exact) mass is 253 g/mol. The first kappa shape index (κ1) is 13.9. The second kappa shape index (κ2) is 6.05. The summed E-state index contributed by atoms with van der Waals surface area (Å²) >= 11 is 0. The molecule has 2 rings (SSSR count). The molecule has 1 saturated carbocycles. The van der Waals surface area contributed by atoms with Crippen molar-refractivity contribution >= 4 is 5.97 Å². The SMILES string of the molecule is CCOC(=O)[C@@]1(N2CCCCC2)CCC[C@@H](C)C1. The van der Waals surface area contributed by atoms with Crippen LogP contribution in [0.15, 0.2) is 0 Å². The summed E-state index contributed by atoms with van der Waals surface area (Å²) in [5.41, 5.74) is -0.298. The molecular weight excluding hydrogens is 226 g/mol. The van der Waals surface area contributed by atoms with Gasteiger partial charge < -0.3 is 4.74 Å². The van der Waals surface area contributed by atoms with Gasteiger partial charge in [-0.05, 0) is 51.6 Å². The molecule has 0 bridgehead atoms. The molecule has 0 unspecified atom stereocenters. The van der Waals surface area contributed by atoms with Crippen LogP contribution in [0.5, 0.6) is 0 Å². The van der Waals surface area contributed by atoms with E-state index in [-0.39, 0.29) is 11.5 Å². The van der Waals surface area contributed by atoms with Gasteiger partial charge in [0.15, 0.2) is 0 Å². The van der Waals surface area contributed by atoms with Crippen molar-refractivity contribution in [1.82, 2.24) is 4.90 Å². The number of carbonyl (C=O) groups is 1. The van der Waals surface area contributed by atoms with Crippen LogP contribution in [0.2, 0.25) is 0 Å².